The van der Waals surface area contributed by atoms with Crippen molar-refractivity contribution in [3.8, 4) is 0 Å². The summed E-state index contributed by atoms with van der Waals surface area (Å²) in [6.07, 6.45) is 1.01. The summed E-state index contributed by atoms with van der Waals surface area (Å²) in [5.74, 6) is 0. The number of rotatable bonds is 4. The summed E-state index contributed by atoms with van der Waals surface area (Å²) in [6, 6.07) is 0. The van der Waals surface area contributed by atoms with Crippen LogP contribution in [-0.2, 0) is 9.47 Å². The van der Waals surface area contributed by atoms with Gasteiger partial charge in [0.25, 0.3) is 0 Å². The summed E-state index contributed by atoms with van der Waals surface area (Å²) >= 11 is 0. The van der Waals surface area contributed by atoms with E-state index >= 15 is 0 Å². The summed E-state index contributed by atoms with van der Waals surface area (Å²) < 4.78 is 9.39. The van der Waals surface area contributed by atoms with Crippen molar-refractivity contribution in [2.24, 2.45) is 0 Å². The SMILES string of the molecule is [CH2]COC(=O)OC(CC)CC. The van der Waals surface area contributed by atoms with Crippen molar-refractivity contribution < 1.29 is 14.3 Å². The third-order valence-electron chi connectivity index (χ3n) is 1.39. The van der Waals surface area contributed by atoms with E-state index in [4.69, 9.17) is 4.74 Å². The Kier molecular flexibility index (Phi) is 5.61. The Balaban J connectivity index is 3.54. The van der Waals surface area contributed by atoms with Gasteiger partial charge in [0.1, 0.15) is 6.10 Å². The zero-order valence-corrected chi connectivity index (χ0v) is 7.13. The van der Waals surface area contributed by atoms with Gasteiger partial charge < -0.3 is 9.47 Å². The maximum absolute atomic E-state index is 10.7. The molecule has 0 saturated carbocycles. The third kappa shape index (κ3) is 4.65. The molecule has 0 aromatic heterocycles. The molecule has 0 saturated heterocycles. The molecule has 3 heteroatoms. The van der Waals surface area contributed by atoms with Crippen LogP contribution in [0, 0.1) is 6.92 Å². The van der Waals surface area contributed by atoms with Gasteiger partial charge in [0.15, 0.2) is 0 Å². The minimum Gasteiger partial charge on any atom is -0.434 e. The van der Waals surface area contributed by atoms with Gasteiger partial charge in [-0.2, -0.15) is 0 Å². The molecule has 0 spiro atoms. The van der Waals surface area contributed by atoms with E-state index in [2.05, 4.69) is 11.7 Å². The fraction of sp³-hybridized carbons (Fsp3) is 0.750. The smallest absolute Gasteiger partial charge is 0.434 e. The standard InChI is InChI=1S/C8H15O3/c1-4-7(5-2)11-8(9)10-6-3/h7H,3-6H2,1-2H3. The van der Waals surface area contributed by atoms with Crippen LogP contribution in [0.1, 0.15) is 26.7 Å². The van der Waals surface area contributed by atoms with Crippen molar-refractivity contribution in [3.63, 3.8) is 0 Å². The highest BCUT2D eigenvalue weighted by Crippen LogP contribution is 2.03. The second-order valence-corrected chi connectivity index (χ2v) is 2.15. The van der Waals surface area contributed by atoms with Crippen LogP contribution in [0.3, 0.4) is 0 Å². The lowest BCUT2D eigenvalue weighted by atomic mass is 10.2. The molecule has 0 aliphatic heterocycles. The molecule has 0 N–H and O–H groups in total. The molecule has 0 aliphatic carbocycles. The van der Waals surface area contributed by atoms with Crippen LogP contribution in [0.5, 0.6) is 0 Å². The van der Waals surface area contributed by atoms with Crippen molar-refractivity contribution in [1.82, 2.24) is 0 Å². The van der Waals surface area contributed by atoms with Gasteiger partial charge >= 0.3 is 6.16 Å². The fourth-order valence-corrected chi connectivity index (χ4v) is 0.709. The van der Waals surface area contributed by atoms with Crippen LogP contribution in [0.4, 0.5) is 4.79 Å². The highest BCUT2D eigenvalue weighted by Gasteiger charge is 2.09. The number of hydrogen-bond acceptors (Lipinski definition) is 3. The Morgan fingerprint density at radius 2 is 2.00 bits per heavy atom. The first-order chi connectivity index (χ1) is 5.24. The highest BCUT2D eigenvalue weighted by molar-refractivity contribution is 5.60. The van der Waals surface area contributed by atoms with Gasteiger partial charge in [-0.15, -0.1) is 0 Å². The Labute approximate surface area is 67.7 Å². The van der Waals surface area contributed by atoms with Gasteiger partial charge in [0, 0.05) is 0 Å². The monoisotopic (exact) mass is 159 g/mol. The number of carbonyl (C=O) groups is 1. The average molecular weight is 159 g/mol. The van der Waals surface area contributed by atoms with E-state index in [9.17, 15) is 4.79 Å². The summed E-state index contributed by atoms with van der Waals surface area (Å²) in [7, 11) is 0. The Hall–Kier alpha value is -0.730. The lowest BCUT2D eigenvalue weighted by Crippen LogP contribution is -2.17. The number of hydrogen-bond donors (Lipinski definition) is 0. The minimum absolute atomic E-state index is 0.0194. The molecule has 0 atom stereocenters. The Morgan fingerprint density at radius 3 is 2.36 bits per heavy atom. The van der Waals surface area contributed by atoms with Crippen molar-refractivity contribution >= 4 is 6.16 Å². The Morgan fingerprint density at radius 1 is 1.45 bits per heavy atom. The molecule has 0 unspecified atom stereocenters. The zero-order chi connectivity index (χ0) is 8.69. The maximum atomic E-state index is 10.7. The molecular weight excluding hydrogens is 144 g/mol. The van der Waals surface area contributed by atoms with Gasteiger partial charge in [-0.3, -0.25) is 0 Å². The van der Waals surface area contributed by atoms with Crippen molar-refractivity contribution in [2.75, 3.05) is 6.61 Å². The van der Waals surface area contributed by atoms with E-state index in [1.165, 1.54) is 0 Å². The van der Waals surface area contributed by atoms with Crippen LogP contribution < -0.4 is 0 Å². The van der Waals surface area contributed by atoms with Crippen LogP contribution in [0.25, 0.3) is 0 Å². The first-order valence-electron chi connectivity index (χ1n) is 3.87. The Bertz CT molecular complexity index is 108. The van der Waals surface area contributed by atoms with Gasteiger partial charge in [-0.05, 0) is 19.8 Å². The quantitative estimate of drug-likeness (QED) is 0.589. The predicted molar refractivity (Wildman–Crippen MR) is 42.2 cm³/mol. The molecule has 0 heterocycles. The van der Waals surface area contributed by atoms with Crippen LogP contribution in [0.15, 0.2) is 0 Å². The molecule has 3 nitrogen and oxygen atoms in total. The molecule has 0 aliphatic rings. The molecule has 0 fully saturated rings. The maximum Gasteiger partial charge on any atom is 0.508 e. The summed E-state index contributed by atoms with van der Waals surface area (Å²) in [6.45, 7) is 7.41. The highest BCUT2D eigenvalue weighted by atomic mass is 16.7. The van der Waals surface area contributed by atoms with Crippen molar-refractivity contribution in [1.29, 1.82) is 0 Å². The van der Waals surface area contributed by atoms with E-state index in [1.807, 2.05) is 13.8 Å². The second kappa shape index (κ2) is 6.01. The van der Waals surface area contributed by atoms with Gasteiger partial charge in [-0.25, -0.2) is 4.79 Å². The van der Waals surface area contributed by atoms with Gasteiger partial charge in [-0.1, -0.05) is 13.8 Å². The summed E-state index contributed by atoms with van der Waals surface area (Å²) in [5.41, 5.74) is 0. The number of carbonyl (C=O) groups excluding carboxylic acids is 1. The van der Waals surface area contributed by atoms with Crippen molar-refractivity contribution in [2.45, 2.75) is 32.8 Å². The molecule has 1 radical (unpaired) electrons. The van der Waals surface area contributed by atoms with E-state index in [-0.39, 0.29) is 12.7 Å². The van der Waals surface area contributed by atoms with Crippen LogP contribution in [-0.4, -0.2) is 18.9 Å². The molecule has 11 heavy (non-hydrogen) atoms. The third-order valence-corrected chi connectivity index (χ3v) is 1.39. The first-order valence-corrected chi connectivity index (χ1v) is 3.87. The molecule has 65 valence electrons. The fourth-order valence-electron chi connectivity index (χ4n) is 0.709. The number of ether oxygens (including phenoxy) is 2. The minimum atomic E-state index is -0.617. The zero-order valence-electron chi connectivity index (χ0n) is 7.13. The normalized spacial score (nSPS) is 9.82. The van der Waals surface area contributed by atoms with Gasteiger partial charge in [0.2, 0.25) is 0 Å². The molecule has 0 rings (SSSR count). The van der Waals surface area contributed by atoms with Gasteiger partial charge in [0.05, 0.1) is 6.61 Å². The lowest BCUT2D eigenvalue weighted by Gasteiger charge is -2.12. The molecule has 0 aromatic carbocycles. The van der Waals surface area contributed by atoms with E-state index in [0.717, 1.165) is 12.8 Å². The average Bonchev–Trinajstić information content (AvgIpc) is 2.01. The molecule has 0 amide bonds. The van der Waals surface area contributed by atoms with E-state index in [1.54, 1.807) is 0 Å². The second-order valence-electron chi connectivity index (χ2n) is 2.15. The van der Waals surface area contributed by atoms with Crippen LogP contribution in [0.2, 0.25) is 0 Å². The van der Waals surface area contributed by atoms with Crippen LogP contribution >= 0.6 is 0 Å². The topological polar surface area (TPSA) is 35.5 Å². The first kappa shape index (κ1) is 10.3. The molecular formula is C8H15O3. The van der Waals surface area contributed by atoms with E-state index < -0.39 is 6.16 Å². The molecule has 0 aromatic rings. The van der Waals surface area contributed by atoms with E-state index in [0.29, 0.717) is 0 Å². The molecule has 0 bridgehead atoms. The predicted octanol–water partition coefficient (Wildman–Crippen LogP) is 2.16. The summed E-state index contributed by atoms with van der Waals surface area (Å²) in [5, 5.41) is 0. The largest absolute Gasteiger partial charge is 0.508 e. The summed E-state index contributed by atoms with van der Waals surface area (Å²) in [4.78, 5) is 10.7. The lowest BCUT2D eigenvalue weighted by molar-refractivity contribution is 0.0267. The van der Waals surface area contributed by atoms with Crippen molar-refractivity contribution in [3.05, 3.63) is 6.92 Å².